The van der Waals surface area contributed by atoms with Crippen LogP contribution in [0, 0.1) is 0 Å². The lowest BCUT2D eigenvalue weighted by Gasteiger charge is -2.37. The maximum Gasteiger partial charge on any atom is 0.261 e. The minimum absolute atomic E-state index is 0.0151. The van der Waals surface area contributed by atoms with Crippen LogP contribution in [0.5, 0.6) is 0 Å². The number of benzene rings is 1. The van der Waals surface area contributed by atoms with E-state index in [0.29, 0.717) is 55.6 Å². The fourth-order valence-corrected chi connectivity index (χ4v) is 4.75. The average molecular weight is 397 g/mol. The lowest BCUT2D eigenvalue weighted by molar-refractivity contribution is -0.181. The van der Waals surface area contributed by atoms with Crippen molar-refractivity contribution in [3.8, 4) is 0 Å². The number of hydrogen-bond donors (Lipinski definition) is 0. The van der Waals surface area contributed by atoms with Crippen molar-refractivity contribution in [1.29, 1.82) is 0 Å². The Morgan fingerprint density at radius 2 is 1.76 bits per heavy atom. The van der Waals surface area contributed by atoms with Gasteiger partial charge in [0, 0.05) is 44.5 Å². The van der Waals surface area contributed by atoms with Gasteiger partial charge in [-0.3, -0.25) is 14.2 Å². The molecule has 3 aliphatic heterocycles. The number of aryl methyl sites for hydroxylation is 1. The lowest BCUT2D eigenvalue weighted by Crippen LogP contribution is -2.47. The van der Waals surface area contributed by atoms with Crippen molar-refractivity contribution in [2.24, 2.45) is 0 Å². The van der Waals surface area contributed by atoms with E-state index in [9.17, 15) is 9.59 Å². The Morgan fingerprint density at radius 3 is 2.55 bits per heavy atom. The fourth-order valence-electron chi connectivity index (χ4n) is 4.75. The Balaban J connectivity index is 1.41. The standard InChI is InChI=1S/C22H27N3O4/c26-20(24-11-8-22(9-12-24)28-13-14-29-22)16-6-7-17-18(15-16)23-19-5-3-1-2-4-10-25(19)21(17)27/h6-7,15H,1-5,8-14H2. The van der Waals surface area contributed by atoms with E-state index in [1.54, 1.807) is 18.2 Å². The molecule has 1 aromatic carbocycles. The van der Waals surface area contributed by atoms with Crippen LogP contribution in [0.2, 0.25) is 0 Å². The van der Waals surface area contributed by atoms with Crippen LogP contribution in [0.25, 0.3) is 10.9 Å². The van der Waals surface area contributed by atoms with Crippen molar-refractivity contribution in [3.05, 3.63) is 39.9 Å². The van der Waals surface area contributed by atoms with E-state index in [4.69, 9.17) is 14.5 Å². The van der Waals surface area contributed by atoms with Crippen LogP contribution >= 0.6 is 0 Å². The number of ether oxygens (including phenoxy) is 2. The smallest absolute Gasteiger partial charge is 0.261 e. The van der Waals surface area contributed by atoms with Crippen LogP contribution in [0.3, 0.4) is 0 Å². The Bertz CT molecular complexity index is 983. The maximum absolute atomic E-state index is 13.1. The van der Waals surface area contributed by atoms with Gasteiger partial charge in [-0.05, 0) is 31.0 Å². The number of nitrogens with zero attached hydrogens (tertiary/aromatic N) is 3. The Morgan fingerprint density at radius 1 is 1.00 bits per heavy atom. The molecule has 3 aliphatic rings. The Kier molecular flexibility index (Phi) is 4.87. The van der Waals surface area contributed by atoms with Gasteiger partial charge < -0.3 is 14.4 Å². The van der Waals surface area contributed by atoms with E-state index in [2.05, 4.69) is 0 Å². The molecule has 0 radical (unpaired) electrons. The zero-order valence-corrected chi connectivity index (χ0v) is 16.7. The summed E-state index contributed by atoms with van der Waals surface area (Å²) in [5.74, 6) is 0.336. The van der Waals surface area contributed by atoms with Crippen molar-refractivity contribution >= 4 is 16.8 Å². The van der Waals surface area contributed by atoms with Crippen LogP contribution in [-0.4, -0.2) is 52.4 Å². The third-order valence-electron chi connectivity index (χ3n) is 6.44. The number of aromatic nitrogens is 2. The molecule has 7 nitrogen and oxygen atoms in total. The van der Waals surface area contributed by atoms with Gasteiger partial charge in [-0.2, -0.15) is 0 Å². The second-order valence-corrected chi connectivity index (χ2v) is 8.28. The number of carbonyl (C=O) groups excluding carboxylic acids is 1. The van der Waals surface area contributed by atoms with Gasteiger partial charge in [0.2, 0.25) is 0 Å². The van der Waals surface area contributed by atoms with Gasteiger partial charge in [-0.1, -0.05) is 12.8 Å². The zero-order chi connectivity index (χ0) is 19.8. The number of likely N-dealkylation sites (tertiary alicyclic amines) is 1. The zero-order valence-electron chi connectivity index (χ0n) is 16.7. The quantitative estimate of drug-likeness (QED) is 0.739. The fraction of sp³-hybridized carbons (Fsp3) is 0.591. The topological polar surface area (TPSA) is 73.7 Å². The van der Waals surface area contributed by atoms with Crippen molar-refractivity contribution in [3.63, 3.8) is 0 Å². The molecule has 1 aromatic heterocycles. The van der Waals surface area contributed by atoms with Gasteiger partial charge >= 0.3 is 0 Å². The predicted octanol–water partition coefficient (Wildman–Crippen LogP) is 2.49. The first-order chi connectivity index (χ1) is 14.2. The molecule has 1 amide bonds. The molecule has 0 N–H and O–H groups in total. The molecular weight excluding hydrogens is 370 g/mol. The van der Waals surface area contributed by atoms with Gasteiger partial charge in [0.05, 0.1) is 24.1 Å². The molecule has 2 fully saturated rings. The van der Waals surface area contributed by atoms with Gasteiger partial charge in [-0.25, -0.2) is 4.98 Å². The largest absolute Gasteiger partial charge is 0.347 e. The predicted molar refractivity (Wildman–Crippen MR) is 108 cm³/mol. The summed E-state index contributed by atoms with van der Waals surface area (Å²) in [4.78, 5) is 32.6. The first-order valence-electron chi connectivity index (χ1n) is 10.8. The highest BCUT2D eigenvalue weighted by Crippen LogP contribution is 2.31. The monoisotopic (exact) mass is 397 g/mol. The van der Waals surface area contributed by atoms with Crippen LogP contribution < -0.4 is 5.56 Å². The van der Waals surface area contributed by atoms with Gasteiger partial charge in [0.15, 0.2) is 5.79 Å². The van der Waals surface area contributed by atoms with Crippen molar-refractivity contribution in [2.45, 2.75) is 57.3 Å². The molecule has 0 atom stereocenters. The summed E-state index contributed by atoms with van der Waals surface area (Å²) in [6.07, 6.45) is 6.61. The van der Waals surface area contributed by atoms with Gasteiger partial charge in [0.1, 0.15) is 5.82 Å². The molecule has 0 saturated carbocycles. The van der Waals surface area contributed by atoms with E-state index < -0.39 is 5.79 Å². The second-order valence-electron chi connectivity index (χ2n) is 8.28. The highest BCUT2D eigenvalue weighted by Gasteiger charge is 2.40. The number of amides is 1. The second kappa shape index (κ2) is 7.54. The Hall–Kier alpha value is -2.25. The number of rotatable bonds is 1. The molecule has 0 unspecified atom stereocenters. The Labute approximate surface area is 169 Å². The highest BCUT2D eigenvalue weighted by atomic mass is 16.7. The summed E-state index contributed by atoms with van der Waals surface area (Å²) < 4.78 is 13.3. The maximum atomic E-state index is 13.1. The van der Waals surface area contributed by atoms with Crippen LogP contribution in [0.1, 0.15) is 54.7 Å². The highest BCUT2D eigenvalue weighted by molar-refractivity contribution is 5.97. The first-order valence-corrected chi connectivity index (χ1v) is 10.8. The number of hydrogen-bond acceptors (Lipinski definition) is 5. The summed E-state index contributed by atoms with van der Waals surface area (Å²) in [7, 11) is 0. The molecule has 1 spiro atoms. The summed E-state index contributed by atoms with van der Waals surface area (Å²) in [5, 5.41) is 0.594. The van der Waals surface area contributed by atoms with Crippen molar-refractivity contribution in [1.82, 2.24) is 14.5 Å². The van der Waals surface area contributed by atoms with Gasteiger partial charge in [-0.15, -0.1) is 0 Å². The third-order valence-corrected chi connectivity index (χ3v) is 6.44. The molecule has 5 rings (SSSR count). The van der Waals surface area contributed by atoms with Crippen LogP contribution in [0.4, 0.5) is 0 Å². The summed E-state index contributed by atoms with van der Waals surface area (Å²) in [5.41, 5.74) is 1.23. The number of fused-ring (bicyclic) bond motifs is 2. The molecule has 0 aliphatic carbocycles. The minimum atomic E-state index is -0.493. The molecule has 154 valence electrons. The van der Waals surface area contributed by atoms with E-state index in [1.807, 2.05) is 9.47 Å². The SMILES string of the molecule is O=C(c1ccc2c(=O)n3c(nc2c1)CCCCCC3)N1CCC2(CC1)OCCO2. The number of carbonyl (C=O) groups is 1. The molecule has 0 bridgehead atoms. The summed E-state index contributed by atoms with van der Waals surface area (Å²) >= 11 is 0. The summed E-state index contributed by atoms with van der Waals surface area (Å²) in [6.45, 7) is 3.21. The average Bonchev–Trinajstić information content (AvgIpc) is 3.17. The normalized spacial score (nSPS) is 21.7. The van der Waals surface area contributed by atoms with Crippen molar-refractivity contribution < 1.29 is 14.3 Å². The molecular formula is C22H27N3O4. The molecule has 2 saturated heterocycles. The van der Waals surface area contributed by atoms with Gasteiger partial charge in [0.25, 0.3) is 11.5 Å². The minimum Gasteiger partial charge on any atom is -0.347 e. The van der Waals surface area contributed by atoms with E-state index in [1.165, 1.54) is 6.42 Å². The van der Waals surface area contributed by atoms with E-state index in [0.717, 1.165) is 38.1 Å². The first kappa shape index (κ1) is 18.8. The molecule has 4 heterocycles. The third kappa shape index (κ3) is 3.46. The van der Waals surface area contributed by atoms with E-state index >= 15 is 0 Å². The van der Waals surface area contributed by atoms with Crippen LogP contribution in [0.15, 0.2) is 23.0 Å². The van der Waals surface area contributed by atoms with E-state index in [-0.39, 0.29) is 11.5 Å². The molecule has 2 aromatic rings. The van der Waals surface area contributed by atoms with Crippen molar-refractivity contribution in [2.75, 3.05) is 26.3 Å². The summed E-state index contributed by atoms with van der Waals surface area (Å²) in [6, 6.07) is 5.31. The molecule has 7 heteroatoms. The lowest BCUT2D eigenvalue weighted by atomic mass is 10.0. The molecule has 29 heavy (non-hydrogen) atoms. The number of piperidine rings is 1. The van der Waals surface area contributed by atoms with Crippen LogP contribution in [-0.2, 0) is 22.4 Å².